The second-order valence-corrected chi connectivity index (χ2v) is 6.99. The fraction of sp³-hybridized carbons (Fsp3) is 0.688. The van der Waals surface area contributed by atoms with Gasteiger partial charge in [-0.15, -0.1) is 11.3 Å². The lowest BCUT2D eigenvalue weighted by atomic mass is 10.2. The quantitative estimate of drug-likeness (QED) is 0.890. The maximum atomic E-state index is 12.4. The number of hydrogen-bond donors (Lipinski definition) is 1. The highest BCUT2D eigenvalue weighted by Gasteiger charge is 2.19. The molecule has 2 rings (SSSR count). The summed E-state index contributed by atoms with van der Waals surface area (Å²) in [4.78, 5) is 32.8. The molecule has 1 fully saturated rings. The Balaban J connectivity index is 1.88. The number of anilines is 1. The van der Waals surface area contributed by atoms with Gasteiger partial charge in [0.15, 0.2) is 5.13 Å². The number of carbonyl (C=O) groups is 2. The van der Waals surface area contributed by atoms with Crippen molar-refractivity contribution < 1.29 is 9.59 Å². The summed E-state index contributed by atoms with van der Waals surface area (Å²) in [5, 5.41) is 5.20. The number of nitrogens with one attached hydrogen (secondary N) is 1. The Hall–Kier alpha value is -1.47. The van der Waals surface area contributed by atoms with Crippen LogP contribution in [0.1, 0.15) is 32.9 Å². The van der Waals surface area contributed by atoms with Crippen molar-refractivity contribution in [2.45, 2.75) is 33.6 Å². The van der Waals surface area contributed by atoms with Crippen molar-refractivity contribution in [3.05, 3.63) is 11.1 Å². The first kappa shape index (κ1) is 17.9. The van der Waals surface area contributed by atoms with Crippen molar-refractivity contribution in [3.8, 4) is 0 Å². The Bertz CT molecular complexity index is 544. The van der Waals surface area contributed by atoms with Crippen molar-refractivity contribution >= 4 is 28.3 Å². The fourth-order valence-corrected chi connectivity index (χ4v) is 3.21. The number of likely N-dealkylation sites (N-methyl/N-ethyl adjacent to an activating group) is 1. The van der Waals surface area contributed by atoms with Crippen LogP contribution in [0.4, 0.5) is 5.13 Å². The molecule has 128 valence electrons. The minimum Gasteiger partial charge on any atom is -0.341 e. The molecule has 0 atom stereocenters. The molecule has 7 heteroatoms. The number of nitrogens with zero attached hydrogens (tertiary/aromatic N) is 3. The number of carbonyl (C=O) groups excluding carboxylic acids is 2. The van der Waals surface area contributed by atoms with E-state index < -0.39 is 0 Å². The summed E-state index contributed by atoms with van der Waals surface area (Å²) in [6.45, 7) is 10.5. The van der Waals surface area contributed by atoms with Gasteiger partial charge in [0.05, 0.1) is 12.1 Å². The van der Waals surface area contributed by atoms with Crippen LogP contribution in [-0.4, -0.2) is 59.3 Å². The zero-order chi connectivity index (χ0) is 16.8. The van der Waals surface area contributed by atoms with E-state index in [1.54, 1.807) is 0 Å². The number of thiazole rings is 1. The number of hydrogen-bond acceptors (Lipinski definition) is 5. The Labute approximate surface area is 141 Å². The molecule has 1 aliphatic heterocycles. The Morgan fingerprint density at radius 2 is 2.09 bits per heavy atom. The second-order valence-electron chi connectivity index (χ2n) is 6.13. The molecule has 0 radical (unpaired) electrons. The standard InChI is InChI=1S/C16H26N4O2S/c1-4-19-6-5-7-20(9-8-19)14(21)10-13-11-23-16(17-13)18-15(22)12(2)3/h11-12H,4-10H2,1-3H3,(H,17,18,22). The van der Waals surface area contributed by atoms with Gasteiger partial charge in [0.25, 0.3) is 0 Å². The molecule has 1 saturated heterocycles. The van der Waals surface area contributed by atoms with Gasteiger partial charge in [-0.1, -0.05) is 20.8 Å². The Morgan fingerprint density at radius 1 is 1.30 bits per heavy atom. The van der Waals surface area contributed by atoms with Gasteiger partial charge in [-0.25, -0.2) is 4.98 Å². The molecule has 1 aromatic heterocycles. The summed E-state index contributed by atoms with van der Waals surface area (Å²) in [6, 6.07) is 0. The van der Waals surface area contributed by atoms with Crippen LogP contribution < -0.4 is 5.32 Å². The van der Waals surface area contributed by atoms with E-state index in [0.29, 0.717) is 11.6 Å². The average molecular weight is 338 g/mol. The number of rotatable bonds is 5. The highest BCUT2D eigenvalue weighted by atomic mass is 32.1. The molecule has 0 unspecified atom stereocenters. The monoisotopic (exact) mass is 338 g/mol. The van der Waals surface area contributed by atoms with Gasteiger partial charge < -0.3 is 15.1 Å². The molecule has 1 aromatic rings. The summed E-state index contributed by atoms with van der Waals surface area (Å²) in [5.74, 6) is -0.0121. The van der Waals surface area contributed by atoms with Crippen LogP contribution in [-0.2, 0) is 16.0 Å². The van der Waals surface area contributed by atoms with Crippen molar-refractivity contribution in [2.24, 2.45) is 5.92 Å². The third kappa shape index (κ3) is 5.28. The number of aromatic nitrogens is 1. The largest absolute Gasteiger partial charge is 0.341 e. The third-order valence-corrected chi connectivity index (χ3v) is 4.83. The average Bonchev–Trinajstić information content (AvgIpc) is 2.81. The van der Waals surface area contributed by atoms with E-state index in [1.165, 1.54) is 11.3 Å². The molecule has 6 nitrogen and oxygen atoms in total. The van der Waals surface area contributed by atoms with Gasteiger partial charge in [-0.05, 0) is 19.5 Å². The lowest BCUT2D eigenvalue weighted by Crippen LogP contribution is -2.36. The highest BCUT2D eigenvalue weighted by Crippen LogP contribution is 2.17. The van der Waals surface area contributed by atoms with Gasteiger partial charge in [-0.2, -0.15) is 0 Å². The molecule has 1 N–H and O–H groups in total. The third-order valence-electron chi connectivity index (χ3n) is 4.03. The predicted octanol–water partition coefficient (Wildman–Crippen LogP) is 1.83. The molecule has 0 bridgehead atoms. The summed E-state index contributed by atoms with van der Waals surface area (Å²) >= 11 is 1.37. The van der Waals surface area contributed by atoms with E-state index in [2.05, 4.69) is 22.1 Å². The van der Waals surface area contributed by atoms with Gasteiger partial charge >= 0.3 is 0 Å². The molecule has 2 amide bonds. The van der Waals surface area contributed by atoms with E-state index in [1.807, 2.05) is 24.1 Å². The lowest BCUT2D eigenvalue weighted by molar-refractivity contribution is -0.130. The van der Waals surface area contributed by atoms with Gasteiger partial charge in [0, 0.05) is 30.9 Å². The minimum atomic E-state index is -0.0809. The van der Waals surface area contributed by atoms with Crippen molar-refractivity contribution in [1.82, 2.24) is 14.8 Å². The minimum absolute atomic E-state index is 0.0515. The zero-order valence-corrected chi connectivity index (χ0v) is 15.0. The van der Waals surface area contributed by atoms with Gasteiger partial charge in [0.2, 0.25) is 11.8 Å². The molecule has 0 spiro atoms. The maximum absolute atomic E-state index is 12.4. The van der Waals surface area contributed by atoms with Crippen LogP contribution >= 0.6 is 11.3 Å². The lowest BCUT2D eigenvalue weighted by Gasteiger charge is -2.20. The SMILES string of the molecule is CCN1CCCN(C(=O)Cc2csc(NC(=O)C(C)C)n2)CC1. The Morgan fingerprint density at radius 3 is 2.78 bits per heavy atom. The van der Waals surface area contributed by atoms with Crippen LogP contribution in [0.2, 0.25) is 0 Å². The number of amides is 2. The molecule has 1 aliphatic rings. The van der Waals surface area contributed by atoms with Crippen LogP contribution in [0.15, 0.2) is 5.38 Å². The first-order valence-electron chi connectivity index (χ1n) is 8.25. The molecule has 0 aromatic carbocycles. The van der Waals surface area contributed by atoms with E-state index in [9.17, 15) is 9.59 Å². The molecule has 0 saturated carbocycles. The molecule has 2 heterocycles. The topological polar surface area (TPSA) is 65.5 Å². The summed E-state index contributed by atoms with van der Waals surface area (Å²) in [7, 11) is 0. The summed E-state index contributed by atoms with van der Waals surface area (Å²) < 4.78 is 0. The second kappa shape index (κ2) is 8.40. The normalized spacial score (nSPS) is 16.4. The predicted molar refractivity (Wildman–Crippen MR) is 92.6 cm³/mol. The van der Waals surface area contributed by atoms with Crippen molar-refractivity contribution in [1.29, 1.82) is 0 Å². The van der Waals surface area contributed by atoms with Crippen LogP contribution in [0, 0.1) is 5.92 Å². The molecule has 0 aliphatic carbocycles. The Kier molecular flexibility index (Phi) is 6.53. The van der Waals surface area contributed by atoms with Crippen LogP contribution in [0.5, 0.6) is 0 Å². The summed E-state index contributed by atoms with van der Waals surface area (Å²) in [5.41, 5.74) is 0.732. The van der Waals surface area contributed by atoms with Crippen molar-refractivity contribution in [2.75, 3.05) is 38.0 Å². The first-order valence-corrected chi connectivity index (χ1v) is 9.13. The van der Waals surface area contributed by atoms with E-state index in [-0.39, 0.29) is 17.7 Å². The fourth-order valence-electron chi connectivity index (χ4n) is 2.50. The smallest absolute Gasteiger partial charge is 0.228 e. The zero-order valence-electron chi connectivity index (χ0n) is 14.2. The van der Waals surface area contributed by atoms with E-state index >= 15 is 0 Å². The van der Waals surface area contributed by atoms with E-state index in [4.69, 9.17) is 0 Å². The first-order chi connectivity index (χ1) is 11.0. The van der Waals surface area contributed by atoms with Gasteiger partial charge in [-0.3, -0.25) is 9.59 Å². The van der Waals surface area contributed by atoms with Gasteiger partial charge in [0.1, 0.15) is 0 Å². The van der Waals surface area contributed by atoms with E-state index in [0.717, 1.165) is 44.8 Å². The van der Waals surface area contributed by atoms with Crippen LogP contribution in [0.25, 0.3) is 0 Å². The maximum Gasteiger partial charge on any atom is 0.228 e. The van der Waals surface area contributed by atoms with Crippen molar-refractivity contribution in [3.63, 3.8) is 0 Å². The highest BCUT2D eigenvalue weighted by molar-refractivity contribution is 7.13. The molecule has 23 heavy (non-hydrogen) atoms. The molecular weight excluding hydrogens is 312 g/mol. The summed E-state index contributed by atoms with van der Waals surface area (Å²) in [6.07, 6.45) is 1.33. The molecular formula is C16H26N4O2S. The van der Waals surface area contributed by atoms with Crippen LogP contribution in [0.3, 0.4) is 0 Å².